The number of carbonyl (C=O) groups excluding carboxylic acids is 1. The van der Waals surface area contributed by atoms with Crippen LogP contribution >= 0.6 is 0 Å². The van der Waals surface area contributed by atoms with Gasteiger partial charge in [0.2, 0.25) is 5.91 Å². The van der Waals surface area contributed by atoms with Crippen LogP contribution in [0.15, 0.2) is 0 Å². The van der Waals surface area contributed by atoms with Gasteiger partial charge in [-0.2, -0.15) is 0 Å². The van der Waals surface area contributed by atoms with E-state index in [1.807, 2.05) is 13.8 Å². The molecule has 0 radical (unpaired) electrons. The second-order valence-corrected chi connectivity index (χ2v) is 3.11. The molecule has 0 saturated heterocycles. The summed E-state index contributed by atoms with van der Waals surface area (Å²) in [5.41, 5.74) is 5.20. The van der Waals surface area contributed by atoms with E-state index in [9.17, 15) is 4.79 Å². The molecular formula is C10H22N2O3. The average Bonchev–Trinajstić information content (AvgIpc) is 2.21. The molecule has 0 fully saturated rings. The zero-order valence-corrected chi connectivity index (χ0v) is 9.62. The quantitative estimate of drug-likeness (QED) is 0.502. The molecule has 5 nitrogen and oxygen atoms in total. The number of hydrogen-bond acceptors (Lipinski definition) is 4. The minimum atomic E-state index is -0.328. The molecule has 1 unspecified atom stereocenters. The van der Waals surface area contributed by atoms with Crippen molar-refractivity contribution in [3.05, 3.63) is 0 Å². The van der Waals surface area contributed by atoms with Crippen molar-refractivity contribution in [1.82, 2.24) is 5.32 Å². The second kappa shape index (κ2) is 9.89. The zero-order valence-electron chi connectivity index (χ0n) is 9.62. The predicted molar refractivity (Wildman–Crippen MR) is 58.6 cm³/mol. The van der Waals surface area contributed by atoms with E-state index in [0.717, 1.165) is 6.54 Å². The highest BCUT2D eigenvalue weighted by molar-refractivity contribution is 5.79. The van der Waals surface area contributed by atoms with Gasteiger partial charge in [0.15, 0.2) is 0 Å². The summed E-state index contributed by atoms with van der Waals surface area (Å²) in [6, 6.07) is -0.290. The van der Waals surface area contributed by atoms with Crippen LogP contribution in [0.25, 0.3) is 0 Å². The number of nitrogens with one attached hydrogen (secondary N) is 1. The van der Waals surface area contributed by atoms with Gasteiger partial charge in [-0.1, -0.05) is 6.92 Å². The molecule has 3 N–H and O–H groups in total. The maximum atomic E-state index is 10.9. The molecule has 0 aromatic carbocycles. The van der Waals surface area contributed by atoms with Gasteiger partial charge in [0, 0.05) is 13.2 Å². The third-order valence-electron chi connectivity index (χ3n) is 1.92. The fourth-order valence-electron chi connectivity index (χ4n) is 1.16. The van der Waals surface area contributed by atoms with Crippen LogP contribution in [0.3, 0.4) is 0 Å². The van der Waals surface area contributed by atoms with Gasteiger partial charge in [-0.3, -0.25) is 4.79 Å². The van der Waals surface area contributed by atoms with Crippen molar-refractivity contribution in [2.45, 2.75) is 26.3 Å². The van der Waals surface area contributed by atoms with Crippen LogP contribution < -0.4 is 11.1 Å². The minimum Gasteiger partial charge on any atom is -0.379 e. The number of likely N-dealkylation sites (N-methyl/N-ethyl adjacent to an activating group) is 1. The molecule has 0 bridgehead atoms. The van der Waals surface area contributed by atoms with E-state index in [0.29, 0.717) is 32.8 Å². The highest BCUT2D eigenvalue weighted by atomic mass is 16.5. The summed E-state index contributed by atoms with van der Waals surface area (Å²) in [6.07, 6.45) is 0.606. The van der Waals surface area contributed by atoms with Gasteiger partial charge in [0.05, 0.1) is 19.3 Å². The summed E-state index contributed by atoms with van der Waals surface area (Å²) in [7, 11) is 0. The summed E-state index contributed by atoms with van der Waals surface area (Å²) in [4.78, 5) is 10.9. The first kappa shape index (κ1) is 14.3. The molecule has 0 heterocycles. The second-order valence-electron chi connectivity index (χ2n) is 3.11. The number of rotatable bonds is 10. The van der Waals surface area contributed by atoms with Gasteiger partial charge >= 0.3 is 0 Å². The third kappa shape index (κ3) is 8.35. The fraction of sp³-hybridized carbons (Fsp3) is 0.900. The summed E-state index contributed by atoms with van der Waals surface area (Å²) in [6.45, 7) is 6.98. The molecule has 0 saturated carbocycles. The first-order valence-electron chi connectivity index (χ1n) is 5.40. The molecule has 15 heavy (non-hydrogen) atoms. The van der Waals surface area contributed by atoms with E-state index in [1.165, 1.54) is 0 Å². The molecular weight excluding hydrogens is 196 g/mol. The van der Waals surface area contributed by atoms with E-state index >= 15 is 0 Å². The van der Waals surface area contributed by atoms with Gasteiger partial charge in [-0.25, -0.2) is 0 Å². The van der Waals surface area contributed by atoms with Crippen LogP contribution in [-0.2, 0) is 14.3 Å². The van der Waals surface area contributed by atoms with Gasteiger partial charge in [0.1, 0.15) is 0 Å². The van der Waals surface area contributed by atoms with Gasteiger partial charge < -0.3 is 20.5 Å². The molecule has 0 spiro atoms. The molecule has 5 heteroatoms. The minimum absolute atomic E-state index is 0.290. The van der Waals surface area contributed by atoms with Crippen LogP contribution in [0.2, 0.25) is 0 Å². The van der Waals surface area contributed by atoms with Gasteiger partial charge in [-0.15, -0.1) is 0 Å². The lowest BCUT2D eigenvalue weighted by atomic mass is 10.2. The molecule has 1 amide bonds. The van der Waals surface area contributed by atoms with E-state index in [2.05, 4.69) is 5.32 Å². The molecule has 90 valence electrons. The summed E-state index contributed by atoms with van der Waals surface area (Å²) in [5.74, 6) is -0.328. The molecule has 0 aromatic heterocycles. The smallest absolute Gasteiger partial charge is 0.234 e. The molecule has 0 aromatic rings. The van der Waals surface area contributed by atoms with Crippen LogP contribution in [-0.4, -0.2) is 44.9 Å². The summed E-state index contributed by atoms with van der Waals surface area (Å²) in [5, 5.41) is 3.00. The van der Waals surface area contributed by atoms with E-state index in [4.69, 9.17) is 15.2 Å². The molecule has 1 atom stereocenters. The molecule has 0 aliphatic heterocycles. The van der Waals surface area contributed by atoms with Crippen molar-refractivity contribution in [2.24, 2.45) is 5.73 Å². The lowest BCUT2D eigenvalue weighted by molar-refractivity contribution is -0.120. The molecule has 0 rings (SSSR count). The van der Waals surface area contributed by atoms with E-state index in [1.54, 1.807) is 0 Å². The predicted octanol–water partition coefficient (Wildman–Crippen LogP) is -0.107. The number of carbonyl (C=O) groups is 1. The van der Waals surface area contributed by atoms with Crippen molar-refractivity contribution in [2.75, 3.05) is 33.0 Å². The van der Waals surface area contributed by atoms with Crippen LogP contribution in [0.4, 0.5) is 0 Å². The molecule has 0 aliphatic carbocycles. The monoisotopic (exact) mass is 218 g/mol. The Hall–Kier alpha value is -0.650. The topological polar surface area (TPSA) is 73.6 Å². The van der Waals surface area contributed by atoms with Crippen molar-refractivity contribution >= 4 is 5.91 Å². The Balaban J connectivity index is 3.41. The van der Waals surface area contributed by atoms with Crippen molar-refractivity contribution in [3.8, 4) is 0 Å². The van der Waals surface area contributed by atoms with E-state index in [-0.39, 0.29) is 11.9 Å². The number of ether oxygens (including phenoxy) is 2. The maximum absolute atomic E-state index is 10.9. The van der Waals surface area contributed by atoms with Crippen LogP contribution in [0.5, 0.6) is 0 Å². The lowest BCUT2D eigenvalue weighted by Crippen LogP contribution is -2.41. The Morgan fingerprint density at radius 2 is 1.93 bits per heavy atom. The van der Waals surface area contributed by atoms with Crippen LogP contribution in [0, 0.1) is 0 Å². The Morgan fingerprint density at radius 1 is 1.27 bits per heavy atom. The normalized spacial score (nSPS) is 12.7. The number of amides is 1. The van der Waals surface area contributed by atoms with Crippen LogP contribution in [0.1, 0.15) is 20.3 Å². The standard InChI is InChI=1S/C10H22N2O3/c1-3-12-9(10(11)13)5-6-15-8-7-14-4-2/h9,12H,3-8H2,1-2H3,(H2,11,13). The largest absolute Gasteiger partial charge is 0.379 e. The fourth-order valence-corrected chi connectivity index (χ4v) is 1.16. The van der Waals surface area contributed by atoms with Crippen molar-refractivity contribution in [3.63, 3.8) is 0 Å². The Morgan fingerprint density at radius 3 is 2.47 bits per heavy atom. The first-order chi connectivity index (χ1) is 7.22. The zero-order chi connectivity index (χ0) is 11.5. The summed E-state index contributed by atoms with van der Waals surface area (Å²) < 4.78 is 10.4. The van der Waals surface area contributed by atoms with Gasteiger partial charge in [0.25, 0.3) is 0 Å². The highest BCUT2D eigenvalue weighted by Gasteiger charge is 2.12. The van der Waals surface area contributed by atoms with E-state index < -0.39 is 0 Å². The number of hydrogen-bond donors (Lipinski definition) is 2. The number of primary amides is 1. The number of nitrogens with two attached hydrogens (primary N) is 1. The summed E-state index contributed by atoms with van der Waals surface area (Å²) >= 11 is 0. The van der Waals surface area contributed by atoms with Gasteiger partial charge in [-0.05, 0) is 19.9 Å². The average molecular weight is 218 g/mol. The highest BCUT2D eigenvalue weighted by Crippen LogP contribution is 1.92. The van der Waals surface area contributed by atoms with Crippen molar-refractivity contribution < 1.29 is 14.3 Å². The Labute approximate surface area is 91.3 Å². The van der Waals surface area contributed by atoms with Crippen molar-refractivity contribution in [1.29, 1.82) is 0 Å². The first-order valence-corrected chi connectivity index (χ1v) is 5.40. The maximum Gasteiger partial charge on any atom is 0.234 e. The lowest BCUT2D eigenvalue weighted by Gasteiger charge is -2.13. The Bertz CT molecular complexity index is 165. The molecule has 0 aliphatic rings. The SMILES string of the molecule is CCNC(CCOCCOCC)C(N)=O. The third-order valence-corrected chi connectivity index (χ3v) is 1.92. The Kier molecular flexibility index (Phi) is 9.46.